The van der Waals surface area contributed by atoms with Gasteiger partial charge in [-0.3, -0.25) is 4.98 Å². The van der Waals surface area contributed by atoms with Gasteiger partial charge in [0.15, 0.2) is 11.5 Å². The first-order valence-corrected chi connectivity index (χ1v) is 7.03. The minimum Gasteiger partial charge on any atom is -0.477 e. The predicted octanol–water partition coefficient (Wildman–Crippen LogP) is 2.59. The summed E-state index contributed by atoms with van der Waals surface area (Å²) < 4.78 is 0. The van der Waals surface area contributed by atoms with Crippen molar-refractivity contribution in [3.05, 3.63) is 36.2 Å². The number of anilines is 1. The van der Waals surface area contributed by atoms with Crippen LogP contribution in [0.5, 0.6) is 0 Å². The number of carbonyl (C=O) groups is 1. The van der Waals surface area contributed by atoms with Crippen molar-refractivity contribution in [2.45, 2.75) is 31.7 Å². The minimum atomic E-state index is -1.07. The van der Waals surface area contributed by atoms with Gasteiger partial charge >= 0.3 is 5.97 Å². The van der Waals surface area contributed by atoms with Gasteiger partial charge in [0.05, 0.1) is 0 Å². The van der Waals surface area contributed by atoms with E-state index in [1.165, 1.54) is 18.9 Å². The molecule has 0 unspecified atom stereocenters. The van der Waals surface area contributed by atoms with E-state index >= 15 is 0 Å². The highest BCUT2D eigenvalue weighted by Gasteiger charge is 2.18. The van der Waals surface area contributed by atoms with Gasteiger partial charge in [0, 0.05) is 18.3 Å². The first-order valence-electron chi connectivity index (χ1n) is 7.03. The molecular weight excluding hydrogens is 268 g/mol. The molecule has 1 aliphatic carbocycles. The molecule has 0 radical (unpaired) electrons. The molecule has 0 saturated heterocycles. The summed E-state index contributed by atoms with van der Waals surface area (Å²) in [6, 6.07) is 7.22. The molecular formula is C15H16N4O2. The second kappa shape index (κ2) is 5.87. The van der Waals surface area contributed by atoms with Crippen LogP contribution in [0.25, 0.3) is 11.5 Å². The average Bonchev–Trinajstić information content (AvgIpc) is 3.01. The van der Waals surface area contributed by atoms with Gasteiger partial charge in [-0.2, -0.15) is 0 Å². The number of nitrogens with one attached hydrogen (secondary N) is 1. The molecule has 2 aromatic heterocycles. The van der Waals surface area contributed by atoms with Crippen LogP contribution in [0.1, 0.15) is 36.2 Å². The van der Waals surface area contributed by atoms with E-state index in [0.29, 0.717) is 23.4 Å². The van der Waals surface area contributed by atoms with Gasteiger partial charge in [0.25, 0.3) is 0 Å². The monoisotopic (exact) mass is 284 g/mol. The van der Waals surface area contributed by atoms with E-state index in [2.05, 4.69) is 20.3 Å². The molecule has 21 heavy (non-hydrogen) atoms. The highest BCUT2D eigenvalue weighted by Crippen LogP contribution is 2.23. The summed E-state index contributed by atoms with van der Waals surface area (Å²) in [4.78, 5) is 23.9. The van der Waals surface area contributed by atoms with Crippen LogP contribution in [0.2, 0.25) is 0 Å². The van der Waals surface area contributed by atoms with Crippen LogP contribution in [0.15, 0.2) is 30.5 Å². The molecule has 0 bridgehead atoms. The van der Waals surface area contributed by atoms with Crippen LogP contribution in [0.3, 0.4) is 0 Å². The first-order chi connectivity index (χ1) is 10.2. The fraction of sp³-hybridized carbons (Fsp3) is 0.333. The lowest BCUT2D eigenvalue weighted by molar-refractivity contribution is 0.0690. The van der Waals surface area contributed by atoms with Crippen molar-refractivity contribution >= 4 is 11.8 Å². The van der Waals surface area contributed by atoms with Crippen molar-refractivity contribution in [1.29, 1.82) is 0 Å². The summed E-state index contributed by atoms with van der Waals surface area (Å²) in [5, 5.41) is 12.5. The lowest BCUT2D eigenvalue weighted by Gasteiger charge is -2.13. The number of hydrogen-bond acceptors (Lipinski definition) is 5. The highest BCUT2D eigenvalue weighted by atomic mass is 16.4. The Kier molecular flexibility index (Phi) is 3.77. The van der Waals surface area contributed by atoms with E-state index in [1.807, 2.05) is 6.07 Å². The predicted molar refractivity (Wildman–Crippen MR) is 78.1 cm³/mol. The summed E-state index contributed by atoms with van der Waals surface area (Å²) >= 11 is 0. The highest BCUT2D eigenvalue weighted by molar-refractivity contribution is 5.86. The Bertz CT molecular complexity index is 639. The van der Waals surface area contributed by atoms with Crippen LogP contribution in [-0.2, 0) is 0 Å². The molecule has 1 fully saturated rings. The number of carboxylic acids is 1. The van der Waals surface area contributed by atoms with Crippen LogP contribution in [0.4, 0.5) is 5.82 Å². The van der Waals surface area contributed by atoms with Gasteiger partial charge < -0.3 is 10.4 Å². The number of hydrogen-bond donors (Lipinski definition) is 2. The second-order valence-electron chi connectivity index (χ2n) is 5.11. The van der Waals surface area contributed by atoms with Crippen molar-refractivity contribution in [3.63, 3.8) is 0 Å². The maximum atomic E-state index is 11.2. The Morgan fingerprint density at radius 1 is 1.24 bits per heavy atom. The smallest absolute Gasteiger partial charge is 0.354 e. The Balaban J connectivity index is 1.95. The van der Waals surface area contributed by atoms with E-state index in [0.717, 1.165) is 12.8 Å². The van der Waals surface area contributed by atoms with E-state index in [4.69, 9.17) is 0 Å². The summed E-state index contributed by atoms with van der Waals surface area (Å²) in [6.45, 7) is 0. The molecule has 0 atom stereocenters. The van der Waals surface area contributed by atoms with E-state index in [1.54, 1.807) is 18.3 Å². The van der Waals surface area contributed by atoms with E-state index < -0.39 is 5.97 Å². The third kappa shape index (κ3) is 3.16. The quantitative estimate of drug-likeness (QED) is 0.897. The maximum Gasteiger partial charge on any atom is 0.354 e. The minimum absolute atomic E-state index is 0.0221. The number of rotatable bonds is 4. The van der Waals surface area contributed by atoms with E-state index in [-0.39, 0.29) is 5.69 Å². The SMILES string of the molecule is O=C(O)c1cc(NC2CCCC2)nc(-c2ccccn2)n1. The van der Waals surface area contributed by atoms with Crippen molar-refractivity contribution in [2.75, 3.05) is 5.32 Å². The Morgan fingerprint density at radius 2 is 2.05 bits per heavy atom. The van der Waals surface area contributed by atoms with Crippen molar-refractivity contribution in [3.8, 4) is 11.5 Å². The fourth-order valence-corrected chi connectivity index (χ4v) is 2.52. The molecule has 6 nitrogen and oxygen atoms in total. The molecule has 1 saturated carbocycles. The average molecular weight is 284 g/mol. The molecule has 0 amide bonds. The second-order valence-corrected chi connectivity index (χ2v) is 5.11. The van der Waals surface area contributed by atoms with Crippen molar-refractivity contribution in [2.24, 2.45) is 0 Å². The maximum absolute atomic E-state index is 11.2. The molecule has 108 valence electrons. The normalized spacial score (nSPS) is 15.0. The molecule has 6 heteroatoms. The third-order valence-corrected chi connectivity index (χ3v) is 3.55. The van der Waals surface area contributed by atoms with Gasteiger partial charge in [-0.25, -0.2) is 14.8 Å². The van der Waals surface area contributed by atoms with Crippen LogP contribution < -0.4 is 5.32 Å². The number of aromatic carboxylic acids is 1. The third-order valence-electron chi connectivity index (χ3n) is 3.55. The summed E-state index contributed by atoms with van der Waals surface area (Å²) in [7, 11) is 0. The fourth-order valence-electron chi connectivity index (χ4n) is 2.52. The van der Waals surface area contributed by atoms with E-state index in [9.17, 15) is 9.90 Å². The Labute approximate surface area is 122 Å². The van der Waals surface area contributed by atoms with Crippen LogP contribution in [0, 0.1) is 0 Å². The first kappa shape index (κ1) is 13.5. The summed E-state index contributed by atoms with van der Waals surface area (Å²) in [5.74, 6) is -0.185. The van der Waals surface area contributed by atoms with Gasteiger partial charge in [-0.15, -0.1) is 0 Å². The lowest BCUT2D eigenvalue weighted by Crippen LogP contribution is -2.17. The molecule has 0 spiro atoms. The number of aromatic nitrogens is 3. The van der Waals surface area contributed by atoms with Gasteiger partial charge in [0.2, 0.25) is 0 Å². The molecule has 1 aliphatic rings. The van der Waals surface area contributed by atoms with Gasteiger partial charge in [-0.1, -0.05) is 18.9 Å². The molecule has 3 rings (SSSR count). The summed E-state index contributed by atoms with van der Waals surface area (Å²) in [5.41, 5.74) is 0.543. The number of carboxylic acid groups (broad SMARTS) is 1. The zero-order valence-electron chi connectivity index (χ0n) is 11.5. The zero-order valence-corrected chi connectivity index (χ0v) is 11.5. The molecule has 0 aliphatic heterocycles. The molecule has 2 N–H and O–H groups in total. The number of pyridine rings is 1. The summed E-state index contributed by atoms with van der Waals surface area (Å²) in [6.07, 6.45) is 6.20. The molecule has 2 heterocycles. The van der Waals surface area contributed by atoms with Crippen LogP contribution >= 0.6 is 0 Å². The zero-order chi connectivity index (χ0) is 14.7. The largest absolute Gasteiger partial charge is 0.477 e. The molecule has 0 aromatic carbocycles. The van der Waals surface area contributed by atoms with Crippen LogP contribution in [-0.4, -0.2) is 32.1 Å². The van der Waals surface area contributed by atoms with Gasteiger partial charge in [-0.05, 0) is 25.0 Å². The number of nitrogens with zero attached hydrogens (tertiary/aromatic N) is 3. The Hall–Kier alpha value is -2.50. The van der Waals surface area contributed by atoms with Crippen molar-refractivity contribution in [1.82, 2.24) is 15.0 Å². The van der Waals surface area contributed by atoms with Crippen molar-refractivity contribution < 1.29 is 9.90 Å². The molecule has 2 aromatic rings. The van der Waals surface area contributed by atoms with Gasteiger partial charge in [0.1, 0.15) is 11.5 Å². The Morgan fingerprint density at radius 3 is 2.71 bits per heavy atom. The topological polar surface area (TPSA) is 88.0 Å². The standard InChI is InChI=1S/C15H16N4O2/c20-15(21)12-9-13(17-10-5-1-2-6-10)19-14(18-12)11-7-3-4-8-16-11/h3-4,7-10H,1-2,5-6H2,(H,20,21)(H,17,18,19). The lowest BCUT2D eigenvalue weighted by atomic mass is 10.2.